The summed E-state index contributed by atoms with van der Waals surface area (Å²) in [6.45, 7) is 5.02. The minimum absolute atomic E-state index is 0.0129. The highest BCUT2D eigenvalue weighted by Crippen LogP contribution is 2.36. The van der Waals surface area contributed by atoms with E-state index in [1.165, 1.54) is 12.8 Å². The van der Waals surface area contributed by atoms with Crippen molar-refractivity contribution in [3.63, 3.8) is 0 Å². The fraction of sp³-hybridized carbons (Fsp3) is 0.393. The van der Waals surface area contributed by atoms with E-state index in [2.05, 4.69) is 19.9 Å². The van der Waals surface area contributed by atoms with Gasteiger partial charge in [0.05, 0.1) is 5.39 Å². The van der Waals surface area contributed by atoms with Crippen molar-refractivity contribution < 1.29 is 17.9 Å². The van der Waals surface area contributed by atoms with Crippen LogP contribution in [0.15, 0.2) is 54.9 Å². The van der Waals surface area contributed by atoms with Crippen LogP contribution < -0.4 is 10.5 Å². The van der Waals surface area contributed by atoms with Crippen LogP contribution in [0.5, 0.6) is 6.01 Å². The Morgan fingerprint density at radius 2 is 1.63 bits per heavy atom. The first-order chi connectivity index (χ1) is 18.3. The van der Waals surface area contributed by atoms with Crippen molar-refractivity contribution in [3.8, 4) is 6.01 Å². The maximum Gasteiger partial charge on any atom is 0.431 e. The van der Waals surface area contributed by atoms with Crippen LogP contribution in [-0.4, -0.2) is 37.5 Å². The number of alkyl halides is 3. The van der Waals surface area contributed by atoms with E-state index in [4.69, 9.17) is 10.5 Å². The molecule has 4 heterocycles. The van der Waals surface area contributed by atoms with Crippen LogP contribution >= 0.6 is 0 Å². The number of aromatic nitrogens is 4. The normalized spacial score (nSPS) is 15.3. The van der Waals surface area contributed by atoms with Gasteiger partial charge in [0.15, 0.2) is 0 Å². The van der Waals surface area contributed by atoms with Gasteiger partial charge in [-0.25, -0.2) is 0 Å². The van der Waals surface area contributed by atoms with E-state index < -0.39 is 11.9 Å². The summed E-state index contributed by atoms with van der Waals surface area (Å²) in [5, 5.41) is 0.145. The van der Waals surface area contributed by atoms with Gasteiger partial charge in [-0.15, -0.1) is 0 Å². The number of fused-ring (bicyclic) bond motifs is 1. The number of likely N-dealkylation sites (tertiary alicyclic amines) is 1. The molecule has 3 aromatic heterocycles. The first-order valence-electron chi connectivity index (χ1n) is 12.9. The average molecular weight is 525 g/mol. The van der Waals surface area contributed by atoms with Gasteiger partial charge in [0.25, 0.3) is 0 Å². The molecule has 5 rings (SSSR count). The van der Waals surface area contributed by atoms with E-state index in [9.17, 15) is 13.2 Å². The lowest BCUT2D eigenvalue weighted by atomic mass is 10.1. The summed E-state index contributed by atoms with van der Waals surface area (Å²) in [5.74, 6) is -0.0554. The van der Waals surface area contributed by atoms with Crippen LogP contribution in [0.1, 0.15) is 61.1 Å². The zero-order valence-electron chi connectivity index (χ0n) is 21.3. The second-order valence-electron chi connectivity index (χ2n) is 9.72. The summed E-state index contributed by atoms with van der Waals surface area (Å²) >= 11 is 0. The smallest absolute Gasteiger partial charge is 0.431 e. The van der Waals surface area contributed by atoms with Gasteiger partial charge in [-0.1, -0.05) is 37.6 Å². The lowest BCUT2D eigenvalue weighted by Gasteiger charge is -2.18. The number of hydrogen-bond acceptors (Lipinski definition) is 6. The van der Waals surface area contributed by atoms with E-state index in [-0.39, 0.29) is 35.5 Å². The fourth-order valence-corrected chi connectivity index (χ4v) is 4.97. The molecule has 0 bridgehead atoms. The number of hydrogen-bond donors (Lipinski definition) is 1. The third kappa shape index (κ3) is 5.75. The highest BCUT2D eigenvalue weighted by Gasteiger charge is 2.36. The molecule has 2 N–H and O–H groups in total. The van der Waals surface area contributed by atoms with Gasteiger partial charge in [0, 0.05) is 25.5 Å². The van der Waals surface area contributed by atoms with Gasteiger partial charge in [0.1, 0.15) is 23.3 Å². The molecule has 0 radical (unpaired) electrons. The van der Waals surface area contributed by atoms with Crippen LogP contribution in [0.4, 0.5) is 19.0 Å². The van der Waals surface area contributed by atoms with Gasteiger partial charge < -0.3 is 15.0 Å². The predicted octanol–water partition coefficient (Wildman–Crippen LogP) is 5.99. The summed E-state index contributed by atoms with van der Waals surface area (Å²) in [6.07, 6.45) is 2.26. The van der Waals surface area contributed by atoms with E-state index in [0.29, 0.717) is 6.42 Å². The van der Waals surface area contributed by atoms with Crippen molar-refractivity contribution in [2.75, 3.05) is 18.8 Å². The molecule has 1 saturated heterocycles. The standard InChI is InChI=1S/C28H31F3N6O/c1-2-5-23(21-10-12-33-13-11-21)38-27-34-25(32)22-16-24(28(29,30)31)37(26(22)35-27)18-20-8-6-19(7-9-20)17-36-14-3-4-15-36/h6-13,16,23H,2-5,14-15,17-18H2,1H3,(H2,32,34,35)/t23-/m1/s1. The number of rotatable bonds is 9. The Hall–Kier alpha value is -3.66. The number of anilines is 1. The molecule has 0 amide bonds. The van der Waals surface area contributed by atoms with E-state index in [1.807, 2.05) is 43.3 Å². The Morgan fingerprint density at radius 3 is 2.26 bits per heavy atom. The number of nitrogens with two attached hydrogens (primary N) is 1. The average Bonchev–Trinajstić information content (AvgIpc) is 3.54. The Labute approximate surface area is 219 Å². The van der Waals surface area contributed by atoms with E-state index in [1.54, 1.807) is 12.4 Å². The molecular weight excluding hydrogens is 493 g/mol. The van der Waals surface area contributed by atoms with Crippen molar-refractivity contribution in [2.24, 2.45) is 0 Å². The van der Waals surface area contributed by atoms with Crippen LogP contribution in [-0.2, 0) is 19.3 Å². The zero-order valence-corrected chi connectivity index (χ0v) is 21.3. The molecule has 7 nitrogen and oxygen atoms in total. The molecule has 4 aromatic rings. The second kappa shape index (κ2) is 11.0. The number of nitrogen functional groups attached to an aromatic ring is 1. The van der Waals surface area contributed by atoms with Crippen LogP contribution in [0.3, 0.4) is 0 Å². The Kier molecular flexibility index (Phi) is 7.51. The summed E-state index contributed by atoms with van der Waals surface area (Å²) < 4.78 is 49.5. The van der Waals surface area contributed by atoms with E-state index in [0.717, 1.165) is 53.4 Å². The molecule has 38 heavy (non-hydrogen) atoms. The Morgan fingerprint density at radius 1 is 0.974 bits per heavy atom. The van der Waals surface area contributed by atoms with Crippen LogP contribution in [0.25, 0.3) is 11.0 Å². The molecule has 10 heteroatoms. The van der Waals surface area contributed by atoms with Crippen LogP contribution in [0.2, 0.25) is 0 Å². The zero-order chi connectivity index (χ0) is 26.7. The molecule has 0 unspecified atom stereocenters. The van der Waals surface area contributed by atoms with Gasteiger partial charge in [-0.2, -0.15) is 23.1 Å². The third-order valence-corrected chi connectivity index (χ3v) is 6.90. The number of ether oxygens (including phenoxy) is 1. The molecule has 0 saturated carbocycles. The summed E-state index contributed by atoms with van der Waals surface area (Å²) in [5.41, 5.74) is 8.15. The van der Waals surface area contributed by atoms with E-state index >= 15 is 0 Å². The first kappa shape index (κ1) is 26.0. The van der Waals surface area contributed by atoms with Crippen molar-refractivity contribution in [2.45, 2.75) is 58.0 Å². The third-order valence-electron chi connectivity index (χ3n) is 6.90. The molecular formula is C28H31F3N6O. The maximum absolute atomic E-state index is 14.1. The van der Waals surface area contributed by atoms with Crippen LogP contribution in [0, 0.1) is 0 Å². The lowest BCUT2D eigenvalue weighted by Crippen LogP contribution is -2.18. The van der Waals surface area contributed by atoms with Gasteiger partial charge >= 0.3 is 12.2 Å². The number of halogens is 3. The lowest BCUT2D eigenvalue weighted by molar-refractivity contribution is -0.143. The Bertz CT molecular complexity index is 1370. The van der Waals surface area contributed by atoms with Crippen molar-refractivity contribution in [3.05, 3.63) is 77.2 Å². The van der Waals surface area contributed by atoms with Gasteiger partial charge in [-0.3, -0.25) is 9.88 Å². The topological polar surface area (TPSA) is 82.1 Å². The molecule has 0 spiro atoms. The molecule has 1 aliphatic heterocycles. The SMILES string of the molecule is CCC[C@@H](Oc1nc(N)c2cc(C(F)(F)F)n(Cc3ccc(CN4CCCC4)cc3)c2n1)c1ccncc1. The molecule has 0 aliphatic carbocycles. The van der Waals surface area contributed by atoms with Crippen molar-refractivity contribution >= 4 is 16.9 Å². The summed E-state index contributed by atoms with van der Waals surface area (Å²) in [6, 6.07) is 12.3. The van der Waals surface area contributed by atoms with Crippen molar-refractivity contribution in [1.82, 2.24) is 24.4 Å². The molecule has 1 fully saturated rings. The van der Waals surface area contributed by atoms with Crippen molar-refractivity contribution in [1.29, 1.82) is 0 Å². The quantitative estimate of drug-likeness (QED) is 0.290. The number of benzene rings is 1. The minimum Gasteiger partial charge on any atom is -0.455 e. The predicted molar refractivity (Wildman–Crippen MR) is 140 cm³/mol. The molecule has 1 aromatic carbocycles. The Balaban J connectivity index is 1.48. The largest absolute Gasteiger partial charge is 0.455 e. The maximum atomic E-state index is 14.1. The molecule has 1 atom stereocenters. The molecule has 200 valence electrons. The minimum atomic E-state index is -4.59. The second-order valence-corrected chi connectivity index (χ2v) is 9.72. The highest BCUT2D eigenvalue weighted by molar-refractivity contribution is 5.88. The molecule has 1 aliphatic rings. The van der Waals surface area contributed by atoms with Gasteiger partial charge in [0.2, 0.25) is 0 Å². The number of pyridine rings is 1. The van der Waals surface area contributed by atoms with Gasteiger partial charge in [-0.05, 0) is 67.2 Å². The summed E-state index contributed by atoms with van der Waals surface area (Å²) in [7, 11) is 0. The first-order valence-corrected chi connectivity index (χ1v) is 12.9. The summed E-state index contributed by atoms with van der Waals surface area (Å²) in [4.78, 5) is 15.0. The number of nitrogens with zero attached hydrogens (tertiary/aromatic N) is 5. The highest BCUT2D eigenvalue weighted by atomic mass is 19.4. The monoisotopic (exact) mass is 524 g/mol. The fourth-order valence-electron chi connectivity index (χ4n) is 4.97.